The largest absolute Gasteiger partial charge is 0.461 e. The molecule has 1 spiro atoms. The number of carbonyl (C=O) groups excluding carboxylic acids is 2. The fourth-order valence-electron chi connectivity index (χ4n) is 8.40. The maximum atomic E-state index is 12.0. The average Bonchev–Trinajstić information content (AvgIpc) is 2.69. The Bertz CT molecular complexity index is 709. The Balaban J connectivity index is 1.83. The molecule has 0 aromatic carbocycles. The Morgan fingerprint density at radius 1 is 0.929 bits per heavy atom. The van der Waals surface area contributed by atoms with E-state index < -0.39 is 0 Å². The summed E-state index contributed by atoms with van der Waals surface area (Å²) in [6, 6.07) is 0. The highest BCUT2D eigenvalue weighted by Crippen LogP contribution is 2.73. The Kier molecular flexibility index (Phi) is 4.52. The van der Waals surface area contributed by atoms with E-state index in [2.05, 4.69) is 27.4 Å². The first kappa shape index (κ1) is 20.0. The molecule has 0 N–H and O–H groups in total. The standard InChI is InChI=1S/C24H36O4/c1-14-17-8-9-19-23(6)12-7-11-22(4,5)18(23)10-13-24(19,20(14)27-15(2)25)21(17)28-16(3)26/h17-21H,1,7-13H2,2-6H3/t17-,18+,19-,20+,21+,23+,24+/m0/s1. The van der Waals surface area contributed by atoms with Crippen LogP contribution in [0.25, 0.3) is 0 Å². The predicted octanol–water partition coefficient (Wildman–Crippen LogP) is 5.06. The van der Waals surface area contributed by atoms with Gasteiger partial charge < -0.3 is 9.47 Å². The van der Waals surface area contributed by atoms with Crippen molar-refractivity contribution in [1.82, 2.24) is 0 Å². The quantitative estimate of drug-likeness (QED) is 0.490. The molecule has 0 aromatic rings. The van der Waals surface area contributed by atoms with Gasteiger partial charge in [-0.1, -0.05) is 33.8 Å². The van der Waals surface area contributed by atoms with Gasteiger partial charge >= 0.3 is 11.9 Å². The number of hydrogen-bond donors (Lipinski definition) is 0. The van der Waals surface area contributed by atoms with Crippen LogP contribution < -0.4 is 0 Å². The number of ether oxygens (including phenoxy) is 2. The summed E-state index contributed by atoms with van der Waals surface area (Å²) in [6.07, 6.45) is 7.35. The van der Waals surface area contributed by atoms with Gasteiger partial charge in [-0.25, -0.2) is 0 Å². The van der Waals surface area contributed by atoms with E-state index in [9.17, 15) is 9.59 Å². The molecule has 0 aromatic heterocycles. The van der Waals surface area contributed by atoms with E-state index in [1.807, 2.05) is 0 Å². The second kappa shape index (κ2) is 6.34. The second-order valence-corrected chi connectivity index (χ2v) is 10.9. The van der Waals surface area contributed by atoms with Crippen LogP contribution in [0.3, 0.4) is 0 Å². The smallest absolute Gasteiger partial charge is 0.303 e. The molecule has 0 heterocycles. The molecule has 0 amide bonds. The van der Waals surface area contributed by atoms with Crippen molar-refractivity contribution in [3.05, 3.63) is 12.2 Å². The fourth-order valence-corrected chi connectivity index (χ4v) is 8.40. The van der Waals surface area contributed by atoms with Crippen LogP contribution in [-0.2, 0) is 19.1 Å². The van der Waals surface area contributed by atoms with E-state index >= 15 is 0 Å². The lowest BCUT2D eigenvalue weighted by Gasteiger charge is -2.65. The highest BCUT2D eigenvalue weighted by atomic mass is 16.6. The molecule has 4 fully saturated rings. The van der Waals surface area contributed by atoms with Crippen LogP contribution in [0.15, 0.2) is 12.2 Å². The van der Waals surface area contributed by atoms with Crippen LogP contribution in [-0.4, -0.2) is 24.1 Å². The summed E-state index contributed by atoms with van der Waals surface area (Å²) in [5.74, 6) is 0.668. The molecule has 0 aliphatic heterocycles. The lowest BCUT2D eigenvalue weighted by atomic mass is 9.40. The molecule has 0 unspecified atom stereocenters. The SMILES string of the molecule is C=C1[C@@H](OC(C)=O)[C@@]23CC[C@@H]4C(C)(C)CCC[C@@]4(C)[C@@H]2CC[C@@H]1[C@H]3OC(C)=O. The van der Waals surface area contributed by atoms with Gasteiger partial charge in [0.1, 0.15) is 12.2 Å². The van der Waals surface area contributed by atoms with Crippen LogP contribution in [0.5, 0.6) is 0 Å². The van der Waals surface area contributed by atoms with Crippen LogP contribution in [0.4, 0.5) is 0 Å². The number of rotatable bonds is 2. The van der Waals surface area contributed by atoms with E-state index in [0.29, 0.717) is 17.3 Å². The molecule has 4 aliphatic carbocycles. The van der Waals surface area contributed by atoms with Gasteiger partial charge in [-0.3, -0.25) is 9.59 Å². The van der Waals surface area contributed by atoms with E-state index in [0.717, 1.165) is 31.3 Å². The van der Waals surface area contributed by atoms with E-state index in [4.69, 9.17) is 9.47 Å². The van der Waals surface area contributed by atoms with Crippen molar-refractivity contribution in [2.75, 3.05) is 0 Å². The third-order valence-electron chi connectivity index (χ3n) is 9.13. The van der Waals surface area contributed by atoms with Crippen molar-refractivity contribution in [1.29, 1.82) is 0 Å². The minimum Gasteiger partial charge on any atom is -0.461 e. The molecule has 4 aliphatic rings. The van der Waals surface area contributed by atoms with Crippen molar-refractivity contribution in [2.45, 2.75) is 91.8 Å². The van der Waals surface area contributed by atoms with Crippen molar-refractivity contribution in [3.8, 4) is 0 Å². The Hall–Kier alpha value is -1.32. The van der Waals surface area contributed by atoms with Crippen molar-refractivity contribution < 1.29 is 19.1 Å². The average molecular weight is 389 g/mol. The molecular formula is C24H36O4. The van der Waals surface area contributed by atoms with E-state index in [-0.39, 0.29) is 40.9 Å². The van der Waals surface area contributed by atoms with Gasteiger partial charge in [-0.05, 0) is 66.8 Å². The highest BCUT2D eigenvalue weighted by Gasteiger charge is 2.72. The lowest BCUT2D eigenvalue weighted by Crippen LogP contribution is -2.63. The Labute approximate surface area is 169 Å². The summed E-state index contributed by atoms with van der Waals surface area (Å²) < 4.78 is 12.0. The van der Waals surface area contributed by atoms with Gasteiger partial charge in [0.25, 0.3) is 0 Å². The minimum absolute atomic E-state index is 0.112. The number of fused-ring (bicyclic) bond motifs is 3. The zero-order chi connectivity index (χ0) is 20.5. The third kappa shape index (κ3) is 2.55. The van der Waals surface area contributed by atoms with Gasteiger partial charge in [0.15, 0.2) is 0 Å². The first-order chi connectivity index (χ1) is 13.0. The van der Waals surface area contributed by atoms with Crippen molar-refractivity contribution >= 4 is 11.9 Å². The maximum Gasteiger partial charge on any atom is 0.303 e. The van der Waals surface area contributed by atoms with Gasteiger partial charge in [-0.2, -0.15) is 0 Å². The lowest BCUT2D eigenvalue weighted by molar-refractivity contribution is -0.221. The first-order valence-electron chi connectivity index (χ1n) is 11.1. The Morgan fingerprint density at radius 3 is 2.25 bits per heavy atom. The molecule has 28 heavy (non-hydrogen) atoms. The number of esters is 2. The first-order valence-corrected chi connectivity index (χ1v) is 11.1. The zero-order valence-corrected chi connectivity index (χ0v) is 18.2. The van der Waals surface area contributed by atoms with Crippen LogP contribution in [0.1, 0.15) is 79.6 Å². The summed E-state index contributed by atoms with van der Waals surface area (Å²) in [4.78, 5) is 24.1. The molecule has 4 rings (SSSR count). The van der Waals surface area contributed by atoms with Gasteiger partial charge in [0.2, 0.25) is 0 Å². The molecule has 4 heteroatoms. The number of hydrogen-bond acceptors (Lipinski definition) is 4. The summed E-state index contributed by atoms with van der Waals surface area (Å²) in [5.41, 5.74) is 1.18. The van der Waals surface area contributed by atoms with Crippen LogP contribution in [0.2, 0.25) is 0 Å². The number of carbonyl (C=O) groups is 2. The maximum absolute atomic E-state index is 12.0. The topological polar surface area (TPSA) is 52.6 Å². The zero-order valence-electron chi connectivity index (χ0n) is 18.2. The van der Waals surface area contributed by atoms with Crippen molar-refractivity contribution in [2.24, 2.45) is 34.0 Å². The molecule has 0 radical (unpaired) electrons. The predicted molar refractivity (Wildman–Crippen MR) is 107 cm³/mol. The van der Waals surface area contributed by atoms with Gasteiger partial charge in [0.05, 0.1) is 5.41 Å². The van der Waals surface area contributed by atoms with Crippen LogP contribution >= 0.6 is 0 Å². The molecule has 4 saturated carbocycles. The monoisotopic (exact) mass is 388 g/mol. The molecule has 2 bridgehead atoms. The molecule has 7 atom stereocenters. The third-order valence-corrected chi connectivity index (χ3v) is 9.13. The van der Waals surface area contributed by atoms with Gasteiger partial charge in [0, 0.05) is 19.8 Å². The fraction of sp³-hybridized carbons (Fsp3) is 0.833. The molecule has 0 saturated heterocycles. The normalized spacial score (nSPS) is 46.3. The van der Waals surface area contributed by atoms with E-state index in [1.165, 1.54) is 33.1 Å². The summed E-state index contributed by atoms with van der Waals surface area (Å²) in [7, 11) is 0. The second-order valence-electron chi connectivity index (χ2n) is 10.9. The van der Waals surface area contributed by atoms with E-state index in [1.54, 1.807) is 0 Å². The molecular weight excluding hydrogens is 352 g/mol. The minimum atomic E-state index is -0.324. The van der Waals surface area contributed by atoms with Gasteiger partial charge in [-0.15, -0.1) is 0 Å². The summed E-state index contributed by atoms with van der Waals surface area (Å²) in [5, 5.41) is 0. The molecule has 156 valence electrons. The summed E-state index contributed by atoms with van der Waals surface area (Å²) >= 11 is 0. The highest BCUT2D eigenvalue weighted by molar-refractivity contribution is 5.68. The summed E-state index contributed by atoms with van der Waals surface area (Å²) in [6.45, 7) is 14.7. The molecule has 4 nitrogen and oxygen atoms in total. The Morgan fingerprint density at radius 2 is 1.61 bits per heavy atom. The van der Waals surface area contributed by atoms with Crippen molar-refractivity contribution in [3.63, 3.8) is 0 Å². The van der Waals surface area contributed by atoms with Crippen LogP contribution in [0, 0.1) is 34.0 Å².